The Labute approximate surface area is 288 Å². The van der Waals surface area contributed by atoms with E-state index < -0.39 is 0 Å². The summed E-state index contributed by atoms with van der Waals surface area (Å²) in [6.07, 6.45) is 6.13. The number of carbonyl (C=O) groups is 2. The number of methoxy groups -OCH3 is 1. The first-order valence-corrected chi connectivity index (χ1v) is 16.8. The summed E-state index contributed by atoms with van der Waals surface area (Å²) in [7, 11) is 1.55. The third kappa shape index (κ3) is 5.54. The number of rotatable bonds is 7. The van der Waals surface area contributed by atoms with Crippen molar-refractivity contribution in [1.82, 2.24) is 9.88 Å². The Morgan fingerprint density at radius 2 is 1.76 bits per heavy atom. The molecule has 0 unspecified atom stereocenters. The molecule has 2 atom stereocenters. The van der Waals surface area contributed by atoms with E-state index in [1.165, 1.54) is 5.56 Å². The van der Waals surface area contributed by atoms with Crippen molar-refractivity contribution in [3.05, 3.63) is 119 Å². The fourth-order valence-electron chi connectivity index (χ4n) is 7.31. The summed E-state index contributed by atoms with van der Waals surface area (Å²) in [5, 5.41) is 2.00. The van der Waals surface area contributed by atoms with Crippen molar-refractivity contribution in [2.24, 2.45) is 4.99 Å². The molecule has 9 nitrogen and oxygen atoms in total. The standard InChI is InChI=1S/C39H34ClN5O4/c1-48-35-13-31-33(43-19-28-12-25-6-2-3-7-26(25)20-44(28)39(31)47)15-36(35)49-22-24-10-23(17-42-18-24)11-37(46)45-21-27(16-40)38-30-9-5-4-8-29(30)32(41)14-34(38)45/h2-10,13-15,17-19,27-28H,11-12,16,20-22,41H2,1H3/t27-,28+/m1/s1. The number of halogens is 1. The zero-order valence-corrected chi connectivity index (χ0v) is 27.7. The number of fused-ring (bicyclic) bond motifs is 6. The van der Waals surface area contributed by atoms with Crippen LogP contribution in [0.4, 0.5) is 17.1 Å². The van der Waals surface area contributed by atoms with Gasteiger partial charge >= 0.3 is 0 Å². The second kappa shape index (κ2) is 12.6. The number of nitrogens with zero attached hydrogens (tertiary/aromatic N) is 4. The second-order valence-corrected chi connectivity index (χ2v) is 13.0. The number of hydrogen-bond acceptors (Lipinski definition) is 7. The number of aliphatic imine (C=N–C) groups is 1. The van der Waals surface area contributed by atoms with Gasteiger partial charge in [0.25, 0.3) is 5.91 Å². The van der Waals surface area contributed by atoms with Gasteiger partial charge in [-0.3, -0.25) is 19.6 Å². The number of pyridine rings is 1. The molecular formula is C39H34ClN5O4. The molecule has 4 aromatic carbocycles. The van der Waals surface area contributed by atoms with E-state index in [1.807, 2.05) is 59.6 Å². The van der Waals surface area contributed by atoms with Gasteiger partial charge in [0.1, 0.15) is 6.61 Å². The molecule has 8 rings (SSSR count). The van der Waals surface area contributed by atoms with Crippen LogP contribution in [0.2, 0.25) is 0 Å². The smallest absolute Gasteiger partial charge is 0.257 e. The van der Waals surface area contributed by atoms with Gasteiger partial charge in [-0.05, 0) is 52.3 Å². The zero-order chi connectivity index (χ0) is 33.6. The van der Waals surface area contributed by atoms with Gasteiger partial charge in [0.05, 0.1) is 30.8 Å². The molecule has 3 aliphatic heterocycles. The van der Waals surface area contributed by atoms with Gasteiger partial charge in [-0.15, -0.1) is 11.6 Å². The van der Waals surface area contributed by atoms with Crippen LogP contribution in [0.5, 0.6) is 11.5 Å². The Morgan fingerprint density at radius 1 is 0.980 bits per heavy atom. The predicted octanol–water partition coefficient (Wildman–Crippen LogP) is 6.60. The maximum absolute atomic E-state index is 13.7. The van der Waals surface area contributed by atoms with Gasteiger partial charge in [0.15, 0.2) is 11.5 Å². The van der Waals surface area contributed by atoms with Crippen LogP contribution < -0.4 is 20.1 Å². The highest BCUT2D eigenvalue weighted by atomic mass is 35.5. The number of hydrogen-bond donors (Lipinski definition) is 1. The number of benzene rings is 4. The minimum atomic E-state index is -0.131. The summed E-state index contributed by atoms with van der Waals surface area (Å²) in [4.78, 5) is 40.3. The molecule has 0 radical (unpaired) electrons. The van der Waals surface area contributed by atoms with Crippen molar-refractivity contribution < 1.29 is 19.1 Å². The molecule has 1 aromatic heterocycles. The highest BCUT2D eigenvalue weighted by Gasteiger charge is 2.35. The molecule has 5 aromatic rings. The average Bonchev–Trinajstić information content (AvgIpc) is 3.45. The normalized spacial score (nSPS) is 17.6. The number of nitrogen functional groups attached to an aromatic ring is 1. The highest BCUT2D eigenvalue weighted by Crippen LogP contribution is 2.44. The Hall–Kier alpha value is -5.41. The van der Waals surface area contributed by atoms with Crippen LogP contribution in [0.1, 0.15) is 44.1 Å². The van der Waals surface area contributed by atoms with Gasteiger partial charge in [-0.2, -0.15) is 0 Å². The van der Waals surface area contributed by atoms with Crippen LogP contribution in [-0.2, 0) is 30.8 Å². The summed E-state index contributed by atoms with van der Waals surface area (Å²) in [5.74, 6) is 1.16. The van der Waals surface area contributed by atoms with Crippen molar-refractivity contribution in [3.63, 3.8) is 0 Å². The van der Waals surface area contributed by atoms with E-state index in [4.69, 9.17) is 31.8 Å². The monoisotopic (exact) mass is 671 g/mol. The fourth-order valence-corrected chi connectivity index (χ4v) is 7.56. The number of carbonyl (C=O) groups excluding carboxylic acids is 2. The first-order chi connectivity index (χ1) is 23.9. The number of anilines is 2. The Kier molecular flexibility index (Phi) is 7.92. The van der Waals surface area contributed by atoms with Gasteiger partial charge in [0, 0.05) is 71.9 Å². The third-order valence-electron chi connectivity index (χ3n) is 9.73. The lowest BCUT2D eigenvalue weighted by molar-refractivity contribution is -0.117. The lowest BCUT2D eigenvalue weighted by Gasteiger charge is -2.34. The van der Waals surface area contributed by atoms with E-state index >= 15 is 0 Å². The van der Waals surface area contributed by atoms with Crippen LogP contribution >= 0.6 is 11.6 Å². The SMILES string of the molecule is COc1cc2c(cc1OCc1cncc(CC(=O)N3C[C@@H](CCl)c4c3cc(N)c3ccccc43)c1)N=C[C@@H]1Cc3ccccc3CN1C2=O. The molecule has 0 aliphatic carbocycles. The quantitative estimate of drug-likeness (QED) is 0.154. The molecule has 3 aliphatic rings. The van der Waals surface area contributed by atoms with Gasteiger partial charge < -0.3 is 25.0 Å². The van der Waals surface area contributed by atoms with Gasteiger partial charge in [-0.25, -0.2) is 0 Å². The lowest BCUT2D eigenvalue weighted by Crippen LogP contribution is -2.44. The summed E-state index contributed by atoms with van der Waals surface area (Å²) in [6, 6.07) is 23.3. The molecule has 2 amide bonds. The lowest BCUT2D eigenvalue weighted by atomic mass is 9.94. The number of nitrogens with two attached hydrogens (primary N) is 1. The molecule has 2 N–H and O–H groups in total. The molecule has 49 heavy (non-hydrogen) atoms. The summed E-state index contributed by atoms with van der Waals surface area (Å²) in [6.45, 7) is 1.20. The molecule has 0 fully saturated rings. The molecule has 4 heterocycles. The highest BCUT2D eigenvalue weighted by molar-refractivity contribution is 6.19. The van der Waals surface area contributed by atoms with Crippen molar-refractivity contribution in [2.75, 3.05) is 30.2 Å². The molecule has 0 saturated heterocycles. The van der Waals surface area contributed by atoms with Crippen LogP contribution in [-0.4, -0.2) is 53.5 Å². The minimum Gasteiger partial charge on any atom is -0.493 e. The van der Waals surface area contributed by atoms with Crippen LogP contribution in [0.15, 0.2) is 90.2 Å². The largest absolute Gasteiger partial charge is 0.493 e. The Balaban J connectivity index is 0.997. The topological polar surface area (TPSA) is 110 Å². The summed E-state index contributed by atoms with van der Waals surface area (Å²) >= 11 is 6.41. The van der Waals surface area contributed by atoms with E-state index in [1.54, 1.807) is 36.5 Å². The number of aromatic nitrogens is 1. The Morgan fingerprint density at radius 3 is 2.57 bits per heavy atom. The molecular weight excluding hydrogens is 638 g/mol. The van der Waals surface area contributed by atoms with Crippen LogP contribution in [0.3, 0.4) is 0 Å². The molecule has 0 bridgehead atoms. The maximum atomic E-state index is 13.7. The molecule has 10 heteroatoms. The number of alkyl halides is 1. The number of ether oxygens (including phenoxy) is 2. The van der Waals surface area contributed by atoms with Crippen LogP contribution in [0.25, 0.3) is 10.8 Å². The average molecular weight is 672 g/mol. The van der Waals surface area contributed by atoms with E-state index in [0.717, 1.165) is 38.7 Å². The van der Waals surface area contributed by atoms with E-state index in [0.29, 0.717) is 53.8 Å². The third-order valence-corrected chi connectivity index (χ3v) is 10.1. The van der Waals surface area contributed by atoms with Crippen molar-refractivity contribution in [2.45, 2.75) is 38.0 Å². The van der Waals surface area contributed by atoms with E-state index in [-0.39, 0.29) is 36.8 Å². The number of amides is 2. The van der Waals surface area contributed by atoms with E-state index in [9.17, 15) is 9.59 Å². The van der Waals surface area contributed by atoms with Crippen molar-refractivity contribution in [3.8, 4) is 11.5 Å². The second-order valence-electron chi connectivity index (χ2n) is 12.7. The van der Waals surface area contributed by atoms with Gasteiger partial charge in [0.2, 0.25) is 5.91 Å². The first kappa shape index (κ1) is 30.9. The Bertz CT molecular complexity index is 2170. The maximum Gasteiger partial charge on any atom is 0.257 e. The van der Waals surface area contributed by atoms with Crippen molar-refractivity contribution >= 4 is 57.5 Å². The van der Waals surface area contributed by atoms with E-state index in [2.05, 4.69) is 17.1 Å². The summed E-state index contributed by atoms with van der Waals surface area (Å²) < 4.78 is 11.9. The minimum absolute atomic E-state index is 0.0111. The molecule has 246 valence electrons. The predicted molar refractivity (Wildman–Crippen MR) is 191 cm³/mol. The molecule has 0 saturated carbocycles. The van der Waals surface area contributed by atoms with Gasteiger partial charge in [-0.1, -0.05) is 48.5 Å². The molecule has 0 spiro atoms. The van der Waals surface area contributed by atoms with Crippen LogP contribution in [0, 0.1) is 0 Å². The zero-order valence-electron chi connectivity index (χ0n) is 26.9. The van der Waals surface area contributed by atoms with Crippen molar-refractivity contribution in [1.29, 1.82) is 0 Å². The first-order valence-electron chi connectivity index (χ1n) is 16.3. The fraction of sp³-hybridized carbons (Fsp3) is 0.231. The summed E-state index contributed by atoms with van der Waals surface area (Å²) in [5.41, 5.74) is 13.9.